The number of halogens is 3. The molecule has 5 rings (SSSR count). The summed E-state index contributed by atoms with van der Waals surface area (Å²) in [5, 5.41) is 3.66. The summed E-state index contributed by atoms with van der Waals surface area (Å²) in [6.07, 6.45) is 7.30. The summed E-state index contributed by atoms with van der Waals surface area (Å²) in [5.41, 5.74) is 5.75. The number of amides is 1. The smallest absolute Gasteiger partial charge is 0.416 e. The van der Waals surface area contributed by atoms with Crippen molar-refractivity contribution in [2.24, 2.45) is 23.0 Å². The van der Waals surface area contributed by atoms with E-state index in [9.17, 15) is 22.8 Å². The third kappa shape index (κ3) is 7.40. The van der Waals surface area contributed by atoms with E-state index in [1.54, 1.807) is 17.0 Å². The van der Waals surface area contributed by atoms with E-state index in [2.05, 4.69) is 30.0 Å². The van der Waals surface area contributed by atoms with Crippen molar-refractivity contribution >= 4 is 11.9 Å². The van der Waals surface area contributed by atoms with Crippen molar-refractivity contribution in [1.82, 2.24) is 10.2 Å². The van der Waals surface area contributed by atoms with Crippen molar-refractivity contribution in [3.63, 3.8) is 0 Å². The van der Waals surface area contributed by atoms with E-state index in [1.165, 1.54) is 13.2 Å². The number of nitrogens with one attached hydrogen (secondary N) is 1. The Labute approximate surface area is 240 Å². The maximum absolute atomic E-state index is 13.7. The molecule has 0 radical (unpaired) electrons. The standard InChI is InChI=1S/C24H31F3N2O2.C7H11NO2/c1-16(2)23(9-5-21(14-23)28-20-7-11-31-12-8-20)22(30)29-10-6-17-3-4-19(24(25,26)27)13-18(17)15-29;1-10-7(9)5-2-3-6(8)4-5/h3-5,9,13,16,20-21,28H,6-8,10-12,14-15H2,1-2H3;2-3,5-6H,4,8H2,1H3/t21-,23+;5-,6+/m10/s1. The van der Waals surface area contributed by atoms with Crippen LogP contribution in [0.3, 0.4) is 0 Å². The van der Waals surface area contributed by atoms with Gasteiger partial charge in [0.25, 0.3) is 0 Å². The van der Waals surface area contributed by atoms with Crippen molar-refractivity contribution in [2.45, 2.75) is 76.8 Å². The monoisotopic (exact) mass is 577 g/mol. The first-order chi connectivity index (χ1) is 19.4. The molecule has 0 unspecified atom stereocenters. The Bertz CT molecular complexity index is 1150. The van der Waals surface area contributed by atoms with Crippen molar-refractivity contribution < 1.29 is 32.2 Å². The van der Waals surface area contributed by atoms with E-state index >= 15 is 0 Å². The van der Waals surface area contributed by atoms with Crippen LogP contribution in [0.5, 0.6) is 0 Å². The molecule has 0 aromatic heterocycles. The topological polar surface area (TPSA) is 93.9 Å². The van der Waals surface area contributed by atoms with Gasteiger partial charge in [-0.25, -0.2) is 0 Å². The summed E-state index contributed by atoms with van der Waals surface area (Å²) in [5.74, 6) is -0.178. The van der Waals surface area contributed by atoms with E-state index in [-0.39, 0.29) is 42.3 Å². The van der Waals surface area contributed by atoms with Gasteiger partial charge in [-0.15, -0.1) is 0 Å². The number of benzene rings is 1. The van der Waals surface area contributed by atoms with Gasteiger partial charge in [-0.05, 0) is 61.3 Å². The van der Waals surface area contributed by atoms with Gasteiger partial charge in [0, 0.05) is 44.4 Å². The van der Waals surface area contributed by atoms with E-state index in [1.807, 2.05) is 12.2 Å². The Morgan fingerprint density at radius 1 is 1.15 bits per heavy atom. The van der Waals surface area contributed by atoms with Crippen LogP contribution in [0.15, 0.2) is 42.5 Å². The normalized spacial score (nSPS) is 27.9. The first-order valence-corrected chi connectivity index (χ1v) is 14.5. The fourth-order valence-electron chi connectivity index (χ4n) is 6.16. The van der Waals surface area contributed by atoms with Crippen LogP contribution >= 0.6 is 0 Å². The molecule has 0 spiro atoms. The number of ether oxygens (including phenoxy) is 2. The van der Waals surface area contributed by atoms with Gasteiger partial charge in [-0.2, -0.15) is 13.2 Å². The molecule has 2 aliphatic carbocycles. The van der Waals surface area contributed by atoms with Crippen LogP contribution < -0.4 is 11.1 Å². The predicted molar refractivity (Wildman–Crippen MR) is 150 cm³/mol. The maximum atomic E-state index is 13.7. The number of nitrogens with zero attached hydrogens (tertiary/aromatic N) is 1. The average molecular weight is 578 g/mol. The zero-order chi connectivity index (χ0) is 29.8. The Hall–Kier alpha value is -2.69. The number of nitrogens with two attached hydrogens (primary N) is 1. The Kier molecular flexibility index (Phi) is 9.97. The van der Waals surface area contributed by atoms with Crippen LogP contribution in [0, 0.1) is 17.3 Å². The molecule has 4 aliphatic rings. The second-order valence-electron chi connectivity index (χ2n) is 11.8. The van der Waals surface area contributed by atoms with E-state index in [4.69, 9.17) is 10.5 Å². The summed E-state index contributed by atoms with van der Waals surface area (Å²) in [4.78, 5) is 26.3. The molecule has 2 heterocycles. The van der Waals surface area contributed by atoms with Gasteiger partial charge in [0.1, 0.15) is 0 Å². The van der Waals surface area contributed by atoms with Crippen molar-refractivity contribution in [3.8, 4) is 0 Å². The third-order valence-electron chi connectivity index (χ3n) is 8.74. The van der Waals surface area contributed by atoms with E-state index < -0.39 is 17.2 Å². The minimum Gasteiger partial charge on any atom is -0.469 e. The molecule has 226 valence electrons. The molecule has 1 amide bonds. The largest absolute Gasteiger partial charge is 0.469 e. The minimum absolute atomic E-state index is 0.0260. The molecule has 1 aromatic rings. The minimum atomic E-state index is -4.38. The van der Waals surface area contributed by atoms with Crippen LogP contribution in [0.2, 0.25) is 0 Å². The average Bonchev–Trinajstić information content (AvgIpc) is 3.59. The van der Waals surface area contributed by atoms with Gasteiger partial charge >= 0.3 is 12.1 Å². The lowest BCUT2D eigenvalue weighted by atomic mass is 9.74. The zero-order valence-corrected chi connectivity index (χ0v) is 24.1. The number of carbonyl (C=O) groups excluding carboxylic acids is 2. The molecule has 1 fully saturated rings. The molecule has 0 saturated carbocycles. The van der Waals surface area contributed by atoms with Crippen LogP contribution in [-0.4, -0.2) is 61.8 Å². The lowest BCUT2D eigenvalue weighted by Gasteiger charge is -2.39. The van der Waals surface area contributed by atoms with Crippen LogP contribution in [0.1, 0.15) is 56.2 Å². The number of hydrogen-bond acceptors (Lipinski definition) is 6. The maximum Gasteiger partial charge on any atom is 0.416 e. The molecular formula is C31H42F3N3O4. The lowest BCUT2D eigenvalue weighted by molar-refractivity contribution is -0.144. The lowest BCUT2D eigenvalue weighted by Crippen LogP contribution is -2.49. The molecule has 41 heavy (non-hydrogen) atoms. The number of fused-ring (bicyclic) bond motifs is 1. The SMILES string of the molecule is CC(C)[C@]1(C(=O)N2CCc3ccc(C(F)(F)F)cc3C2)C=C[C@@H](NC2CCOCC2)C1.COC(=O)[C@H]1C=C[C@@H](N)C1. The van der Waals surface area contributed by atoms with Gasteiger partial charge in [-0.3, -0.25) is 9.59 Å². The molecule has 2 aliphatic heterocycles. The molecule has 3 N–H and O–H groups in total. The van der Waals surface area contributed by atoms with Crippen molar-refractivity contribution in [2.75, 3.05) is 26.9 Å². The fraction of sp³-hybridized carbons (Fsp3) is 0.613. The number of methoxy groups -OCH3 is 1. The first-order valence-electron chi connectivity index (χ1n) is 14.5. The molecule has 0 bridgehead atoms. The summed E-state index contributed by atoms with van der Waals surface area (Å²) in [6, 6.07) is 4.45. The quantitative estimate of drug-likeness (QED) is 0.398. The first kappa shape index (κ1) is 31.3. The predicted octanol–water partition coefficient (Wildman–Crippen LogP) is 4.39. The van der Waals surface area contributed by atoms with Crippen molar-refractivity contribution in [3.05, 3.63) is 59.2 Å². The molecule has 7 nitrogen and oxygen atoms in total. The number of alkyl halides is 3. The molecule has 1 aromatic carbocycles. The second-order valence-corrected chi connectivity index (χ2v) is 11.8. The van der Waals surface area contributed by atoms with Gasteiger partial charge in [0.05, 0.1) is 24.0 Å². The molecule has 10 heteroatoms. The molecule has 1 saturated heterocycles. The highest BCUT2D eigenvalue weighted by atomic mass is 19.4. The highest BCUT2D eigenvalue weighted by Crippen LogP contribution is 2.42. The number of hydrogen-bond donors (Lipinski definition) is 2. The Morgan fingerprint density at radius 2 is 1.88 bits per heavy atom. The van der Waals surface area contributed by atoms with Crippen LogP contribution in [0.4, 0.5) is 13.2 Å². The second kappa shape index (κ2) is 13.1. The van der Waals surface area contributed by atoms with Gasteiger partial charge in [0.15, 0.2) is 0 Å². The van der Waals surface area contributed by atoms with Crippen LogP contribution in [0.25, 0.3) is 0 Å². The molecular weight excluding hydrogens is 535 g/mol. The number of rotatable bonds is 5. The zero-order valence-electron chi connectivity index (χ0n) is 24.1. The Morgan fingerprint density at radius 3 is 2.49 bits per heavy atom. The van der Waals surface area contributed by atoms with Crippen molar-refractivity contribution in [1.29, 1.82) is 0 Å². The third-order valence-corrected chi connectivity index (χ3v) is 8.74. The Balaban J connectivity index is 0.000000328. The van der Waals surface area contributed by atoms with E-state index in [0.717, 1.165) is 37.7 Å². The highest BCUT2D eigenvalue weighted by Gasteiger charge is 2.47. The summed E-state index contributed by atoms with van der Waals surface area (Å²) in [6.45, 7) is 6.40. The van der Waals surface area contributed by atoms with Gasteiger partial charge in [-0.1, -0.05) is 44.2 Å². The van der Waals surface area contributed by atoms with E-state index in [0.29, 0.717) is 37.4 Å². The fourth-order valence-corrected chi connectivity index (χ4v) is 6.16. The molecule has 4 atom stereocenters. The van der Waals surface area contributed by atoms with Gasteiger partial charge < -0.3 is 25.4 Å². The number of carbonyl (C=O) groups is 2. The van der Waals surface area contributed by atoms with Gasteiger partial charge in [0.2, 0.25) is 5.91 Å². The van der Waals surface area contributed by atoms with Crippen LogP contribution in [-0.2, 0) is 38.2 Å². The number of esters is 1. The highest BCUT2D eigenvalue weighted by molar-refractivity contribution is 5.86. The summed E-state index contributed by atoms with van der Waals surface area (Å²) < 4.78 is 49.4. The summed E-state index contributed by atoms with van der Waals surface area (Å²) in [7, 11) is 1.39. The summed E-state index contributed by atoms with van der Waals surface area (Å²) >= 11 is 0.